The number of carbonyl (C=O) groups is 2. The van der Waals surface area contributed by atoms with Crippen molar-refractivity contribution >= 4 is 17.6 Å². The van der Waals surface area contributed by atoms with Crippen molar-refractivity contribution in [1.29, 1.82) is 0 Å². The molecule has 3 heterocycles. The Kier molecular flexibility index (Phi) is 6.00. The zero-order valence-electron chi connectivity index (χ0n) is 20.1. The van der Waals surface area contributed by atoms with Gasteiger partial charge in [0.05, 0.1) is 12.6 Å². The average molecular weight is 476 g/mol. The van der Waals surface area contributed by atoms with E-state index >= 15 is 0 Å². The lowest BCUT2D eigenvalue weighted by Gasteiger charge is -2.18. The fraction of sp³-hybridized carbons (Fsp3) is 0.423. The number of nitrogens with zero attached hydrogens (tertiary/aromatic N) is 3. The van der Waals surface area contributed by atoms with Crippen LogP contribution in [0.2, 0.25) is 0 Å². The molecule has 2 aliphatic rings. The molecular weight excluding hydrogens is 446 g/mol. The Morgan fingerprint density at radius 3 is 2.60 bits per heavy atom. The Balaban J connectivity index is 1.35. The van der Waals surface area contributed by atoms with Crippen LogP contribution in [0.15, 0.2) is 41.1 Å². The minimum atomic E-state index is -0.403. The van der Waals surface area contributed by atoms with Crippen LogP contribution in [0.4, 0.5) is 5.82 Å². The molecule has 0 spiro atoms. The van der Waals surface area contributed by atoms with Crippen LogP contribution in [0.1, 0.15) is 74.6 Å². The molecule has 35 heavy (non-hydrogen) atoms. The maximum atomic E-state index is 12.9. The molecule has 2 aromatic heterocycles. The molecule has 9 nitrogen and oxygen atoms in total. The van der Waals surface area contributed by atoms with E-state index in [4.69, 9.17) is 9.26 Å². The molecule has 5 rings (SSSR count). The lowest BCUT2D eigenvalue weighted by Crippen LogP contribution is -2.28. The summed E-state index contributed by atoms with van der Waals surface area (Å²) in [5, 5.41) is 9.87. The molecule has 9 heteroatoms. The molecule has 1 atom stereocenters. The summed E-state index contributed by atoms with van der Waals surface area (Å²) in [5.41, 5.74) is 2.44. The molecule has 1 saturated carbocycles. The molecule has 1 aromatic carbocycles. The van der Waals surface area contributed by atoms with Crippen LogP contribution in [-0.2, 0) is 10.2 Å². The molecule has 182 valence electrons. The summed E-state index contributed by atoms with van der Waals surface area (Å²) in [6.07, 6.45) is 5.08. The van der Waals surface area contributed by atoms with Gasteiger partial charge in [-0.25, -0.2) is 4.98 Å². The first-order chi connectivity index (χ1) is 16.8. The van der Waals surface area contributed by atoms with E-state index in [1.165, 1.54) is 0 Å². The third-order valence-corrected chi connectivity index (χ3v) is 6.17. The van der Waals surface area contributed by atoms with Gasteiger partial charge in [-0.15, -0.1) is 0 Å². The second-order valence-electron chi connectivity index (χ2n) is 10.1. The minimum Gasteiger partial charge on any atom is -0.493 e. The lowest BCUT2D eigenvalue weighted by atomic mass is 9.96. The molecule has 1 fully saturated rings. The first-order valence-corrected chi connectivity index (χ1v) is 12.0. The molecule has 0 bridgehead atoms. The van der Waals surface area contributed by atoms with Crippen LogP contribution in [0.25, 0.3) is 11.1 Å². The van der Waals surface area contributed by atoms with E-state index in [9.17, 15) is 9.59 Å². The van der Waals surface area contributed by atoms with Gasteiger partial charge in [0.15, 0.2) is 5.82 Å². The number of amides is 2. The van der Waals surface area contributed by atoms with Gasteiger partial charge in [-0.3, -0.25) is 9.59 Å². The molecule has 1 aliphatic carbocycles. The zero-order chi connectivity index (χ0) is 24.6. The quantitative estimate of drug-likeness (QED) is 0.560. The highest BCUT2D eigenvalue weighted by Crippen LogP contribution is 2.36. The Labute approximate surface area is 203 Å². The van der Waals surface area contributed by atoms with Crippen molar-refractivity contribution in [3.05, 3.63) is 53.8 Å². The highest BCUT2D eigenvalue weighted by atomic mass is 16.5. The van der Waals surface area contributed by atoms with Crippen LogP contribution in [0.5, 0.6) is 5.75 Å². The molecule has 3 aromatic rings. The first kappa shape index (κ1) is 23.0. The van der Waals surface area contributed by atoms with Gasteiger partial charge in [-0.2, -0.15) is 4.98 Å². The molecule has 0 saturated heterocycles. The van der Waals surface area contributed by atoms with Gasteiger partial charge in [-0.1, -0.05) is 38.1 Å². The Bertz CT molecular complexity index is 1260. The normalized spacial score (nSPS) is 17.6. The highest BCUT2D eigenvalue weighted by Gasteiger charge is 2.30. The maximum Gasteiger partial charge on any atom is 0.315 e. The molecular formula is C26H29N5O4. The van der Waals surface area contributed by atoms with Crippen LogP contribution in [0, 0.1) is 5.92 Å². The van der Waals surface area contributed by atoms with Gasteiger partial charge >= 0.3 is 11.8 Å². The first-order valence-electron chi connectivity index (χ1n) is 12.0. The van der Waals surface area contributed by atoms with Crippen molar-refractivity contribution in [3.8, 4) is 16.9 Å². The van der Waals surface area contributed by atoms with Gasteiger partial charge in [0, 0.05) is 23.1 Å². The van der Waals surface area contributed by atoms with Crippen molar-refractivity contribution in [2.75, 3.05) is 11.9 Å². The summed E-state index contributed by atoms with van der Waals surface area (Å²) in [5.74, 6) is 1.43. The number of fused-ring (bicyclic) bond motifs is 1. The minimum absolute atomic E-state index is 0.0226. The number of ether oxygens (including phenoxy) is 1. The Morgan fingerprint density at radius 2 is 1.86 bits per heavy atom. The van der Waals surface area contributed by atoms with Crippen molar-refractivity contribution < 1.29 is 18.8 Å². The van der Waals surface area contributed by atoms with Crippen molar-refractivity contribution in [3.63, 3.8) is 0 Å². The molecule has 2 N–H and O–H groups in total. The summed E-state index contributed by atoms with van der Waals surface area (Å²) < 4.78 is 11.2. The number of hydrogen-bond donors (Lipinski definition) is 2. The van der Waals surface area contributed by atoms with Crippen molar-refractivity contribution in [1.82, 2.24) is 20.4 Å². The van der Waals surface area contributed by atoms with E-state index in [-0.39, 0.29) is 29.2 Å². The molecule has 0 unspecified atom stereocenters. The van der Waals surface area contributed by atoms with E-state index in [0.717, 1.165) is 42.4 Å². The molecule has 0 radical (unpaired) electrons. The average Bonchev–Trinajstić information content (AvgIpc) is 3.59. The third-order valence-electron chi connectivity index (χ3n) is 6.17. The van der Waals surface area contributed by atoms with Crippen LogP contribution in [-0.4, -0.2) is 33.5 Å². The van der Waals surface area contributed by atoms with Crippen LogP contribution in [0.3, 0.4) is 0 Å². The Morgan fingerprint density at radius 1 is 1.06 bits per heavy atom. The van der Waals surface area contributed by atoms with Gasteiger partial charge < -0.3 is 19.9 Å². The second-order valence-corrected chi connectivity index (χ2v) is 10.1. The fourth-order valence-corrected chi connectivity index (χ4v) is 3.99. The summed E-state index contributed by atoms with van der Waals surface area (Å²) in [7, 11) is 0. The number of pyridine rings is 1. The molecule has 1 aliphatic heterocycles. The van der Waals surface area contributed by atoms with E-state index < -0.39 is 5.91 Å². The number of nitrogens with one attached hydrogen (secondary N) is 2. The summed E-state index contributed by atoms with van der Waals surface area (Å²) >= 11 is 0. The van der Waals surface area contributed by atoms with E-state index in [1.807, 2.05) is 51.1 Å². The summed E-state index contributed by atoms with van der Waals surface area (Å²) in [4.78, 5) is 33.5. The third kappa shape index (κ3) is 5.18. The van der Waals surface area contributed by atoms with Crippen LogP contribution < -0.4 is 15.4 Å². The van der Waals surface area contributed by atoms with Gasteiger partial charge in [-0.05, 0) is 55.0 Å². The summed E-state index contributed by atoms with van der Waals surface area (Å²) in [6, 6.07) is 9.43. The second kappa shape index (κ2) is 9.13. The number of aromatic nitrogens is 3. The van der Waals surface area contributed by atoms with Crippen molar-refractivity contribution in [2.45, 2.75) is 57.9 Å². The highest BCUT2D eigenvalue weighted by molar-refractivity contribution is 5.93. The standard InChI is InChI=1S/C26H29N5O4/c1-26(2,3)25-30-24(35-31-25)23(33)28-19-5-4-12-34-20-13-16(8-9-18(19)20)17-10-11-27-21(14-17)29-22(32)15-6-7-15/h8-11,13-15,19H,4-7,12H2,1-3H3,(H,28,33)(H,27,29,32)/t19-/m1/s1. The lowest BCUT2D eigenvalue weighted by molar-refractivity contribution is -0.117. The van der Waals surface area contributed by atoms with Crippen molar-refractivity contribution in [2.24, 2.45) is 5.92 Å². The monoisotopic (exact) mass is 475 g/mol. The Hall–Kier alpha value is -3.75. The largest absolute Gasteiger partial charge is 0.493 e. The summed E-state index contributed by atoms with van der Waals surface area (Å²) in [6.45, 7) is 6.44. The van der Waals surface area contributed by atoms with E-state index in [1.54, 1.807) is 6.20 Å². The van der Waals surface area contributed by atoms with Gasteiger partial charge in [0.1, 0.15) is 11.6 Å². The smallest absolute Gasteiger partial charge is 0.315 e. The predicted octanol–water partition coefficient (Wildman–Crippen LogP) is 4.42. The topological polar surface area (TPSA) is 119 Å². The van der Waals surface area contributed by atoms with Gasteiger partial charge in [0.25, 0.3) is 0 Å². The van der Waals surface area contributed by atoms with Crippen LogP contribution >= 0.6 is 0 Å². The molecule has 2 amide bonds. The number of benzene rings is 1. The van der Waals surface area contributed by atoms with Gasteiger partial charge in [0.2, 0.25) is 5.91 Å². The number of hydrogen-bond acceptors (Lipinski definition) is 7. The fourth-order valence-electron chi connectivity index (χ4n) is 3.99. The van der Waals surface area contributed by atoms with E-state index in [0.29, 0.717) is 24.0 Å². The number of rotatable bonds is 5. The number of carbonyl (C=O) groups excluding carboxylic acids is 2. The maximum absolute atomic E-state index is 12.9. The van der Waals surface area contributed by atoms with E-state index in [2.05, 4.69) is 25.8 Å². The predicted molar refractivity (Wildman–Crippen MR) is 129 cm³/mol. The zero-order valence-corrected chi connectivity index (χ0v) is 20.1. The number of anilines is 1. The SMILES string of the molecule is CC(C)(C)c1noc(C(=O)N[C@@H]2CCCOc3cc(-c4ccnc(NC(=O)C5CC5)c4)ccc32)n1.